The molecule has 2 aliphatic rings. The van der Waals surface area contributed by atoms with Gasteiger partial charge in [0.05, 0.1) is 34.5 Å². The maximum absolute atomic E-state index is 14.2. The number of aromatic nitrogens is 1. The summed E-state index contributed by atoms with van der Waals surface area (Å²) in [6, 6.07) is 6.85. The Morgan fingerprint density at radius 2 is 1.97 bits per heavy atom. The average molecular weight is 443 g/mol. The number of rotatable bonds is 3. The van der Waals surface area contributed by atoms with Crippen molar-refractivity contribution in [1.82, 2.24) is 9.88 Å². The third-order valence-electron chi connectivity index (χ3n) is 6.68. The van der Waals surface area contributed by atoms with Gasteiger partial charge in [0, 0.05) is 50.6 Å². The molecule has 2 fully saturated rings. The van der Waals surface area contributed by atoms with Gasteiger partial charge in [-0.15, -0.1) is 0 Å². The normalized spacial score (nSPS) is 20.5. The van der Waals surface area contributed by atoms with Gasteiger partial charge in [-0.2, -0.15) is 5.26 Å². The highest BCUT2D eigenvalue weighted by molar-refractivity contribution is 7.91. The number of carbonyl (C=O) groups is 1. The van der Waals surface area contributed by atoms with E-state index in [0.29, 0.717) is 74.0 Å². The Hall–Kier alpha value is -2.37. The van der Waals surface area contributed by atoms with Crippen LogP contribution >= 0.6 is 0 Å². The van der Waals surface area contributed by atoms with Crippen molar-refractivity contribution in [1.29, 1.82) is 5.26 Å². The van der Waals surface area contributed by atoms with Crippen LogP contribution < -0.4 is 4.90 Å². The molecule has 2 aromatic rings. The number of anilines is 1. The zero-order chi connectivity index (χ0) is 22.2. The highest BCUT2D eigenvalue weighted by Gasteiger charge is 2.34. The first-order valence-electron chi connectivity index (χ1n) is 10.7. The Labute approximate surface area is 185 Å². The SMILES string of the molecule is C[S+]([O-])C1CCN(C(=O)c2cnc3ccc(F)cc3c2N2CCC(C)(C#N)CC2)CC1. The Morgan fingerprint density at radius 1 is 1.29 bits per heavy atom. The average Bonchev–Trinajstić information content (AvgIpc) is 2.78. The predicted molar refractivity (Wildman–Crippen MR) is 120 cm³/mol. The van der Waals surface area contributed by atoms with Crippen molar-refractivity contribution in [3.63, 3.8) is 0 Å². The summed E-state index contributed by atoms with van der Waals surface area (Å²) in [6.07, 6.45) is 6.11. The minimum atomic E-state index is -0.889. The zero-order valence-electron chi connectivity index (χ0n) is 17.9. The number of fused-ring (bicyclic) bond motifs is 1. The molecule has 4 rings (SSSR count). The summed E-state index contributed by atoms with van der Waals surface area (Å²) >= 11 is -0.889. The molecule has 6 nitrogen and oxygen atoms in total. The number of hydrogen-bond donors (Lipinski definition) is 0. The van der Waals surface area contributed by atoms with Crippen molar-refractivity contribution in [2.45, 2.75) is 37.9 Å². The lowest BCUT2D eigenvalue weighted by Crippen LogP contribution is -2.43. The van der Waals surface area contributed by atoms with Gasteiger partial charge in [0.2, 0.25) is 0 Å². The molecule has 1 amide bonds. The lowest BCUT2D eigenvalue weighted by Gasteiger charge is -2.38. The second-order valence-electron chi connectivity index (χ2n) is 8.83. The number of carbonyl (C=O) groups excluding carboxylic acids is 1. The van der Waals surface area contributed by atoms with Crippen LogP contribution in [0.15, 0.2) is 24.4 Å². The van der Waals surface area contributed by atoms with E-state index in [2.05, 4.69) is 16.0 Å². The molecule has 31 heavy (non-hydrogen) atoms. The molecule has 0 radical (unpaired) electrons. The minimum absolute atomic E-state index is 0.123. The molecule has 2 saturated heterocycles. The first kappa shape index (κ1) is 21.8. The van der Waals surface area contributed by atoms with E-state index in [-0.39, 0.29) is 22.4 Å². The van der Waals surface area contributed by atoms with Gasteiger partial charge in [0.1, 0.15) is 11.1 Å². The molecule has 1 aromatic heterocycles. The quantitative estimate of drug-likeness (QED) is 0.680. The standard InChI is InChI=1S/C23H27FN4O2S/c1-23(15-25)7-11-27(12-8-23)21-18-13-16(24)3-4-20(18)26-14-19(21)22(29)28-9-5-17(6-10-28)31(2)30/h3-4,13-14,17H,5-12H2,1-2H3. The number of benzene rings is 1. The van der Waals surface area contributed by atoms with Crippen LogP contribution in [0.4, 0.5) is 10.1 Å². The maximum atomic E-state index is 14.2. The first-order chi connectivity index (χ1) is 14.8. The van der Waals surface area contributed by atoms with Crippen molar-refractivity contribution >= 4 is 33.7 Å². The number of amides is 1. The molecule has 1 unspecified atom stereocenters. The largest absolute Gasteiger partial charge is 0.616 e. The Kier molecular flexibility index (Phi) is 6.09. The van der Waals surface area contributed by atoms with Crippen molar-refractivity contribution in [3.8, 4) is 6.07 Å². The van der Waals surface area contributed by atoms with E-state index in [0.717, 1.165) is 0 Å². The Morgan fingerprint density at radius 3 is 2.58 bits per heavy atom. The predicted octanol–water partition coefficient (Wildman–Crippen LogP) is 3.49. The summed E-state index contributed by atoms with van der Waals surface area (Å²) in [5.41, 5.74) is 1.43. The smallest absolute Gasteiger partial charge is 0.257 e. The lowest BCUT2D eigenvalue weighted by molar-refractivity contribution is 0.0726. The van der Waals surface area contributed by atoms with Crippen molar-refractivity contribution in [2.75, 3.05) is 37.3 Å². The fourth-order valence-electron chi connectivity index (χ4n) is 4.54. The van der Waals surface area contributed by atoms with E-state index in [1.54, 1.807) is 23.4 Å². The molecular formula is C23H27FN4O2S. The number of pyridine rings is 1. The van der Waals surface area contributed by atoms with Gasteiger partial charge < -0.3 is 14.4 Å². The van der Waals surface area contributed by atoms with Gasteiger partial charge in [0.25, 0.3) is 5.91 Å². The molecule has 8 heteroatoms. The Balaban J connectivity index is 1.70. The van der Waals surface area contributed by atoms with E-state index in [1.807, 2.05) is 6.92 Å². The zero-order valence-corrected chi connectivity index (χ0v) is 18.8. The maximum Gasteiger partial charge on any atom is 0.257 e. The van der Waals surface area contributed by atoms with Crippen molar-refractivity contribution in [2.24, 2.45) is 5.41 Å². The molecule has 0 bridgehead atoms. The summed E-state index contributed by atoms with van der Waals surface area (Å²) in [6.45, 7) is 4.31. The molecule has 0 spiro atoms. The summed E-state index contributed by atoms with van der Waals surface area (Å²) < 4.78 is 25.9. The first-order valence-corrected chi connectivity index (χ1v) is 12.3. The monoisotopic (exact) mass is 442 g/mol. The second-order valence-corrected chi connectivity index (χ2v) is 10.5. The van der Waals surface area contributed by atoms with E-state index < -0.39 is 11.2 Å². The summed E-state index contributed by atoms with van der Waals surface area (Å²) in [4.78, 5) is 21.8. The molecular weight excluding hydrogens is 415 g/mol. The van der Waals surface area contributed by atoms with Gasteiger partial charge in [-0.25, -0.2) is 4.39 Å². The molecule has 3 heterocycles. The third kappa shape index (κ3) is 4.35. The van der Waals surface area contributed by atoms with Crippen LogP contribution in [0.25, 0.3) is 10.9 Å². The molecule has 164 valence electrons. The van der Waals surface area contributed by atoms with Crippen LogP contribution in [0.1, 0.15) is 43.0 Å². The number of likely N-dealkylation sites (tertiary alicyclic amines) is 1. The molecule has 2 aliphatic heterocycles. The van der Waals surface area contributed by atoms with Crippen LogP contribution in [0.2, 0.25) is 0 Å². The van der Waals surface area contributed by atoms with Crippen molar-refractivity contribution < 1.29 is 13.7 Å². The van der Waals surface area contributed by atoms with E-state index >= 15 is 0 Å². The highest BCUT2D eigenvalue weighted by atomic mass is 32.2. The van der Waals surface area contributed by atoms with Gasteiger partial charge in [-0.3, -0.25) is 9.78 Å². The molecule has 1 aromatic carbocycles. The van der Waals surface area contributed by atoms with Crippen LogP contribution in [-0.2, 0) is 11.2 Å². The van der Waals surface area contributed by atoms with Crippen LogP contribution in [-0.4, -0.2) is 58.0 Å². The van der Waals surface area contributed by atoms with Crippen LogP contribution in [0, 0.1) is 22.6 Å². The van der Waals surface area contributed by atoms with Gasteiger partial charge >= 0.3 is 0 Å². The fraction of sp³-hybridized carbons (Fsp3) is 0.522. The van der Waals surface area contributed by atoms with E-state index in [9.17, 15) is 19.0 Å². The molecule has 1 atom stereocenters. The second kappa shape index (κ2) is 8.64. The molecule has 0 N–H and O–H groups in total. The summed E-state index contributed by atoms with van der Waals surface area (Å²) in [5.74, 6) is -0.493. The fourth-order valence-corrected chi connectivity index (χ4v) is 5.42. The van der Waals surface area contributed by atoms with Gasteiger partial charge in [0.15, 0.2) is 0 Å². The van der Waals surface area contributed by atoms with Crippen molar-refractivity contribution in [3.05, 3.63) is 35.8 Å². The third-order valence-corrected chi connectivity index (χ3v) is 8.09. The van der Waals surface area contributed by atoms with E-state index in [1.165, 1.54) is 12.1 Å². The number of nitriles is 1. The minimum Gasteiger partial charge on any atom is -0.616 e. The summed E-state index contributed by atoms with van der Waals surface area (Å²) in [5, 5.41) is 10.2. The highest BCUT2D eigenvalue weighted by Crippen LogP contribution is 2.37. The van der Waals surface area contributed by atoms with Crippen LogP contribution in [0.5, 0.6) is 0 Å². The van der Waals surface area contributed by atoms with Gasteiger partial charge in [-0.1, -0.05) is 11.2 Å². The molecule has 0 saturated carbocycles. The number of halogens is 1. The lowest BCUT2D eigenvalue weighted by atomic mass is 9.81. The topological polar surface area (TPSA) is 83.3 Å². The number of piperidine rings is 2. The Bertz CT molecular complexity index is 1020. The number of nitrogens with zero attached hydrogens (tertiary/aromatic N) is 4. The summed E-state index contributed by atoms with van der Waals surface area (Å²) in [7, 11) is 0. The van der Waals surface area contributed by atoms with Crippen LogP contribution in [0.3, 0.4) is 0 Å². The van der Waals surface area contributed by atoms with E-state index in [4.69, 9.17) is 0 Å². The molecule has 0 aliphatic carbocycles. The number of hydrogen-bond acceptors (Lipinski definition) is 5. The van der Waals surface area contributed by atoms with Gasteiger partial charge in [-0.05, 0) is 38.0 Å².